The van der Waals surface area contributed by atoms with E-state index >= 15 is 0 Å². The van der Waals surface area contributed by atoms with E-state index in [1.54, 1.807) is 49.4 Å². The molecule has 0 radical (unpaired) electrons. The van der Waals surface area contributed by atoms with Gasteiger partial charge in [0.2, 0.25) is 0 Å². The van der Waals surface area contributed by atoms with Gasteiger partial charge in [-0.15, -0.1) is 0 Å². The van der Waals surface area contributed by atoms with Crippen LogP contribution in [0.3, 0.4) is 0 Å². The fraction of sp³-hybridized carbons (Fsp3) is 0.297. The summed E-state index contributed by atoms with van der Waals surface area (Å²) in [6.07, 6.45) is 0.850. The van der Waals surface area contributed by atoms with E-state index in [2.05, 4.69) is 18.8 Å². The number of hydrogen-bond donors (Lipinski definition) is 1. The molecule has 0 aliphatic carbocycles. The molecule has 9 nitrogen and oxygen atoms in total. The molecule has 4 aromatic rings. The number of rotatable bonds is 12. The van der Waals surface area contributed by atoms with Crippen LogP contribution in [0.25, 0.3) is 5.76 Å². The quantitative estimate of drug-likeness (QED) is 0.0719. The maximum Gasteiger partial charge on any atom is 0.301 e. The number of aliphatic hydroxyl groups is 1. The Bertz CT molecular complexity index is 1840. The van der Waals surface area contributed by atoms with Crippen molar-refractivity contribution in [1.82, 2.24) is 4.98 Å². The number of nitrogens with zero attached hydrogens (tertiary/aromatic N) is 2. The lowest BCUT2D eigenvalue weighted by atomic mass is 9.95. The Morgan fingerprint density at radius 1 is 1.00 bits per heavy atom. The van der Waals surface area contributed by atoms with E-state index in [0.717, 1.165) is 28.9 Å². The molecule has 244 valence electrons. The fourth-order valence-electron chi connectivity index (χ4n) is 5.33. The molecule has 2 heterocycles. The average Bonchev–Trinajstić information content (AvgIpc) is 3.56. The van der Waals surface area contributed by atoms with Gasteiger partial charge in [-0.05, 0) is 79.3 Å². The number of amides is 1. The summed E-state index contributed by atoms with van der Waals surface area (Å²) < 4.78 is 17.6. The molecule has 0 bridgehead atoms. The number of thiazole rings is 1. The number of aliphatic hydroxyl groups excluding tert-OH is 1. The van der Waals surface area contributed by atoms with Crippen molar-refractivity contribution < 1.29 is 33.7 Å². The number of methoxy groups -OCH3 is 1. The lowest BCUT2D eigenvalue weighted by Crippen LogP contribution is -2.29. The second-order valence-electron chi connectivity index (χ2n) is 11.8. The van der Waals surface area contributed by atoms with Gasteiger partial charge in [-0.2, -0.15) is 0 Å². The number of ether oxygens (including phenoxy) is 3. The first-order valence-corrected chi connectivity index (χ1v) is 16.2. The predicted molar refractivity (Wildman–Crippen MR) is 182 cm³/mol. The number of carbonyl (C=O) groups is 3. The number of aromatic nitrogens is 1. The van der Waals surface area contributed by atoms with Crippen molar-refractivity contribution in [3.8, 4) is 17.2 Å². The van der Waals surface area contributed by atoms with Crippen molar-refractivity contribution in [3.05, 3.63) is 105 Å². The molecule has 1 unspecified atom stereocenters. The van der Waals surface area contributed by atoms with E-state index in [1.807, 2.05) is 31.2 Å². The maximum atomic E-state index is 13.7. The highest BCUT2D eigenvalue weighted by Crippen LogP contribution is 2.45. The van der Waals surface area contributed by atoms with E-state index in [9.17, 15) is 19.5 Å². The van der Waals surface area contributed by atoms with E-state index in [0.29, 0.717) is 58.1 Å². The minimum atomic E-state index is -1.06. The zero-order valence-corrected chi connectivity index (χ0v) is 28.1. The van der Waals surface area contributed by atoms with Gasteiger partial charge in [0.1, 0.15) is 18.1 Å². The average molecular weight is 655 g/mol. The van der Waals surface area contributed by atoms with Gasteiger partial charge >= 0.3 is 5.91 Å². The van der Waals surface area contributed by atoms with E-state index in [1.165, 1.54) is 18.9 Å². The Balaban J connectivity index is 1.55. The van der Waals surface area contributed by atoms with Crippen LogP contribution >= 0.6 is 11.3 Å². The summed E-state index contributed by atoms with van der Waals surface area (Å²) in [7, 11) is 1.51. The minimum absolute atomic E-state index is 0.115. The Morgan fingerprint density at radius 3 is 2.36 bits per heavy atom. The number of anilines is 1. The number of carbonyl (C=O) groups excluding carboxylic acids is 3. The highest BCUT2D eigenvalue weighted by Gasteiger charge is 2.48. The summed E-state index contributed by atoms with van der Waals surface area (Å²) in [6, 6.07) is 18.7. The standard InChI is InChI=1S/C37H38N2O7S/c1-21(2)17-18-45-29-16-13-26(19-30(29)44-6)32-31(34(42)36(43)39(32)37-38-23(4)35(47-37)24(5)40)33(41)25-11-14-28(15-12-25)46-20-27-10-8-7-9-22(27)3/h7-16,19,21,32,41H,17-18,20H2,1-6H3. The summed E-state index contributed by atoms with van der Waals surface area (Å²) in [5.41, 5.74) is 3.33. The summed E-state index contributed by atoms with van der Waals surface area (Å²) in [5, 5.41) is 11.8. The van der Waals surface area contributed by atoms with Gasteiger partial charge in [0.25, 0.3) is 5.78 Å². The molecule has 5 rings (SSSR count). The highest BCUT2D eigenvalue weighted by molar-refractivity contribution is 7.18. The van der Waals surface area contributed by atoms with Crippen molar-refractivity contribution in [2.75, 3.05) is 18.6 Å². The lowest BCUT2D eigenvalue weighted by Gasteiger charge is -2.24. The smallest absolute Gasteiger partial charge is 0.301 e. The van der Waals surface area contributed by atoms with Crippen molar-refractivity contribution in [2.24, 2.45) is 5.92 Å². The Hall–Kier alpha value is -4.96. The number of ketones is 2. The molecule has 0 spiro atoms. The molecule has 10 heteroatoms. The molecular weight excluding hydrogens is 616 g/mol. The van der Waals surface area contributed by atoms with Crippen molar-refractivity contribution >= 4 is 39.7 Å². The molecule has 1 atom stereocenters. The first-order valence-electron chi connectivity index (χ1n) is 15.4. The molecule has 1 amide bonds. The fourth-order valence-corrected chi connectivity index (χ4v) is 6.32. The molecular formula is C37H38N2O7S. The SMILES string of the molecule is COc1cc(C2C(=C(O)c3ccc(OCc4ccccc4C)cc3)C(=O)C(=O)N2c2nc(C)c(C(C)=O)s2)ccc1OCCC(C)C. The minimum Gasteiger partial charge on any atom is -0.507 e. The van der Waals surface area contributed by atoms with Gasteiger partial charge < -0.3 is 19.3 Å². The largest absolute Gasteiger partial charge is 0.507 e. The van der Waals surface area contributed by atoms with Crippen LogP contribution in [-0.4, -0.2) is 41.3 Å². The third-order valence-corrected chi connectivity index (χ3v) is 9.25. The van der Waals surface area contributed by atoms with Gasteiger partial charge in [-0.1, -0.05) is 55.5 Å². The van der Waals surface area contributed by atoms with Gasteiger partial charge in [0.05, 0.1) is 35.9 Å². The summed E-state index contributed by atoms with van der Waals surface area (Å²) >= 11 is 1.03. The second-order valence-corrected chi connectivity index (χ2v) is 12.8. The molecule has 0 saturated carbocycles. The first-order chi connectivity index (χ1) is 22.5. The Kier molecular flexibility index (Phi) is 10.1. The first kappa shape index (κ1) is 33.4. The lowest BCUT2D eigenvalue weighted by molar-refractivity contribution is -0.132. The predicted octanol–water partition coefficient (Wildman–Crippen LogP) is 7.60. The van der Waals surface area contributed by atoms with Crippen LogP contribution in [0.1, 0.15) is 70.9 Å². The summed E-state index contributed by atoms with van der Waals surface area (Å²) in [5.74, 6) is -0.335. The molecule has 1 fully saturated rings. The maximum absolute atomic E-state index is 13.7. The van der Waals surface area contributed by atoms with Crippen LogP contribution in [0, 0.1) is 19.8 Å². The van der Waals surface area contributed by atoms with Crippen LogP contribution in [0.5, 0.6) is 17.2 Å². The Morgan fingerprint density at radius 2 is 1.72 bits per heavy atom. The molecule has 1 aliphatic heterocycles. The molecule has 1 aromatic heterocycles. The van der Waals surface area contributed by atoms with Crippen LogP contribution in [-0.2, 0) is 16.2 Å². The zero-order valence-electron chi connectivity index (χ0n) is 27.3. The van der Waals surface area contributed by atoms with Crippen LogP contribution in [0.15, 0.2) is 72.3 Å². The third-order valence-electron chi connectivity index (χ3n) is 8.00. The summed E-state index contributed by atoms with van der Waals surface area (Å²) in [4.78, 5) is 45.8. The van der Waals surface area contributed by atoms with E-state index in [4.69, 9.17) is 14.2 Å². The topological polar surface area (TPSA) is 115 Å². The van der Waals surface area contributed by atoms with Gasteiger partial charge in [-0.3, -0.25) is 19.3 Å². The molecule has 1 aliphatic rings. The van der Waals surface area contributed by atoms with Gasteiger partial charge in [-0.25, -0.2) is 4.98 Å². The molecule has 1 N–H and O–H groups in total. The summed E-state index contributed by atoms with van der Waals surface area (Å²) in [6.45, 7) is 10.2. The van der Waals surface area contributed by atoms with Crippen LogP contribution < -0.4 is 19.1 Å². The number of benzene rings is 3. The monoisotopic (exact) mass is 654 g/mol. The zero-order chi connectivity index (χ0) is 33.8. The molecule has 1 saturated heterocycles. The highest BCUT2D eigenvalue weighted by atomic mass is 32.1. The van der Waals surface area contributed by atoms with E-state index in [-0.39, 0.29) is 22.2 Å². The third kappa shape index (κ3) is 7.07. The van der Waals surface area contributed by atoms with Crippen molar-refractivity contribution in [1.29, 1.82) is 0 Å². The number of aryl methyl sites for hydroxylation is 2. The number of hydrogen-bond acceptors (Lipinski definition) is 9. The van der Waals surface area contributed by atoms with Crippen molar-refractivity contribution in [2.45, 2.75) is 53.7 Å². The van der Waals surface area contributed by atoms with Gasteiger partial charge in [0.15, 0.2) is 22.4 Å². The second kappa shape index (κ2) is 14.2. The van der Waals surface area contributed by atoms with Crippen LogP contribution in [0.4, 0.5) is 5.13 Å². The Labute approximate surface area is 278 Å². The normalized spacial score (nSPS) is 15.7. The molecule has 47 heavy (non-hydrogen) atoms. The number of Topliss-reactive ketones (excluding diaryl/α,β-unsaturated/α-hetero) is 2. The van der Waals surface area contributed by atoms with Crippen molar-refractivity contribution in [3.63, 3.8) is 0 Å². The van der Waals surface area contributed by atoms with Gasteiger partial charge in [0, 0.05) is 12.5 Å². The molecule has 3 aromatic carbocycles. The van der Waals surface area contributed by atoms with E-state index < -0.39 is 17.7 Å². The van der Waals surface area contributed by atoms with Crippen LogP contribution in [0.2, 0.25) is 0 Å².